The van der Waals surface area contributed by atoms with E-state index in [0.29, 0.717) is 6.54 Å². The van der Waals surface area contributed by atoms with E-state index in [1.165, 1.54) is 11.1 Å². The molecule has 0 aliphatic heterocycles. The van der Waals surface area contributed by atoms with E-state index >= 15 is 0 Å². The average molecular weight is 275 g/mol. The number of rotatable bonds is 4. The Morgan fingerprint density at radius 1 is 1.14 bits per heavy atom. The van der Waals surface area contributed by atoms with Crippen LogP contribution in [-0.2, 0) is 6.54 Å². The Hall–Kier alpha value is -2.57. The number of nitrogens with zero attached hydrogens (tertiary/aromatic N) is 1. The minimum absolute atomic E-state index is 0.317. The molecule has 0 aliphatic rings. The summed E-state index contributed by atoms with van der Waals surface area (Å²) in [6.07, 6.45) is 1.92. The molecule has 3 rings (SSSR count). The van der Waals surface area contributed by atoms with Crippen LogP contribution in [0, 0.1) is 18.3 Å². The third-order valence-corrected chi connectivity index (χ3v) is 3.69. The van der Waals surface area contributed by atoms with Crippen LogP contribution in [0.4, 0.5) is 0 Å². The molecule has 2 aromatic carbocycles. The van der Waals surface area contributed by atoms with Gasteiger partial charge in [0.15, 0.2) is 0 Å². The predicted octanol–water partition coefficient (Wildman–Crippen LogP) is 3.83. The number of para-hydroxylation sites is 1. The fourth-order valence-electron chi connectivity index (χ4n) is 2.48. The number of aryl methyl sites for hydroxylation is 1. The van der Waals surface area contributed by atoms with Gasteiger partial charge in [-0.2, -0.15) is 5.26 Å². The number of nitriles is 1. The third kappa shape index (κ3) is 2.81. The van der Waals surface area contributed by atoms with E-state index in [2.05, 4.69) is 47.6 Å². The summed E-state index contributed by atoms with van der Waals surface area (Å²) in [4.78, 5) is 3.22. The van der Waals surface area contributed by atoms with E-state index in [9.17, 15) is 5.26 Å². The van der Waals surface area contributed by atoms with Gasteiger partial charge in [-0.15, -0.1) is 0 Å². The zero-order chi connectivity index (χ0) is 14.7. The Morgan fingerprint density at radius 3 is 2.67 bits per heavy atom. The molecule has 0 bridgehead atoms. The molecule has 0 radical (unpaired) electrons. The van der Waals surface area contributed by atoms with Gasteiger partial charge in [-0.1, -0.05) is 48.0 Å². The van der Waals surface area contributed by atoms with Crippen LogP contribution in [0.3, 0.4) is 0 Å². The van der Waals surface area contributed by atoms with Crippen LogP contribution >= 0.6 is 0 Å². The van der Waals surface area contributed by atoms with Crippen molar-refractivity contribution in [2.75, 3.05) is 0 Å². The van der Waals surface area contributed by atoms with Gasteiger partial charge in [-0.3, -0.25) is 5.32 Å². The molecule has 1 aromatic heterocycles. The Bertz CT molecular complexity index is 778. The van der Waals surface area contributed by atoms with Crippen LogP contribution in [0.15, 0.2) is 54.7 Å². The highest BCUT2D eigenvalue weighted by Gasteiger charge is 2.14. The normalized spacial score (nSPS) is 12.2. The van der Waals surface area contributed by atoms with Crippen LogP contribution in [0.1, 0.15) is 22.7 Å². The first kappa shape index (κ1) is 13.4. The number of aromatic amines is 1. The van der Waals surface area contributed by atoms with Gasteiger partial charge in [0.25, 0.3) is 0 Å². The van der Waals surface area contributed by atoms with Gasteiger partial charge in [-0.25, -0.2) is 0 Å². The summed E-state index contributed by atoms with van der Waals surface area (Å²) in [7, 11) is 0. The maximum Gasteiger partial charge on any atom is 0.123 e. The molecule has 2 N–H and O–H groups in total. The maximum atomic E-state index is 9.45. The van der Waals surface area contributed by atoms with Crippen molar-refractivity contribution in [2.45, 2.75) is 19.5 Å². The van der Waals surface area contributed by atoms with Crippen molar-refractivity contribution in [1.29, 1.82) is 5.26 Å². The summed E-state index contributed by atoms with van der Waals surface area (Å²) in [6, 6.07) is 18.4. The highest BCUT2D eigenvalue weighted by atomic mass is 14.9. The van der Waals surface area contributed by atoms with Crippen LogP contribution in [0.5, 0.6) is 0 Å². The first-order chi connectivity index (χ1) is 10.3. The van der Waals surface area contributed by atoms with E-state index in [4.69, 9.17) is 0 Å². The Morgan fingerprint density at radius 2 is 1.90 bits per heavy atom. The lowest BCUT2D eigenvalue weighted by atomic mass is 10.1. The monoisotopic (exact) mass is 275 g/mol. The molecule has 3 nitrogen and oxygen atoms in total. The number of nitrogens with one attached hydrogen (secondary N) is 2. The average Bonchev–Trinajstić information content (AvgIpc) is 2.94. The second kappa shape index (κ2) is 5.82. The van der Waals surface area contributed by atoms with Crippen LogP contribution < -0.4 is 5.32 Å². The molecular formula is C18H17N3. The molecule has 104 valence electrons. The van der Waals surface area contributed by atoms with Crippen molar-refractivity contribution in [3.05, 3.63) is 71.4 Å². The summed E-state index contributed by atoms with van der Waals surface area (Å²) in [6.45, 7) is 2.75. The number of hydrogen-bond donors (Lipinski definition) is 2. The largest absolute Gasteiger partial charge is 0.361 e. The number of aromatic nitrogens is 1. The molecule has 0 fully saturated rings. The zero-order valence-corrected chi connectivity index (χ0v) is 11.9. The van der Waals surface area contributed by atoms with Gasteiger partial charge >= 0.3 is 0 Å². The highest BCUT2D eigenvalue weighted by Crippen LogP contribution is 2.23. The molecule has 1 atom stereocenters. The zero-order valence-electron chi connectivity index (χ0n) is 11.9. The molecule has 1 heterocycles. The highest BCUT2D eigenvalue weighted by molar-refractivity contribution is 5.83. The van der Waals surface area contributed by atoms with Gasteiger partial charge in [0.2, 0.25) is 0 Å². The Kier molecular flexibility index (Phi) is 3.72. The van der Waals surface area contributed by atoms with Gasteiger partial charge in [-0.05, 0) is 18.6 Å². The summed E-state index contributed by atoms with van der Waals surface area (Å²) in [5.74, 6) is 0. The third-order valence-electron chi connectivity index (χ3n) is 3.69. The molecule has 0 saturated carbocycles. The van der Waals surface area contributed by atoms with Crippen LogP contribution in [0.2, 0.25) is 0 Å². The number of benzene rings is 2. The van der Waals surface area contributed by atoms with Crippen LogP contribution in [0.25, 0.3) is 10.9 Å². The molecule has 3 aromatic rings. The first-order valence-electron chi connectivity index (χ1n) is 7.02. The van der Waals surface area contributed by atoms with Gasteiger partial charge < -0.3 is 4.98 Å². The van der Waals surface area contributed by atoms with Gasteiger partial charge in [0.1, 0.15) is 6.04 Å². The molecule has 0 amide bonds. The lowest BCUT2D eigenvalue weighted by molar-refractivity contribution is 0.633. The predicted molar refractivity (Wildman–Crippen MR) is 84.7 cm³/mol. The molecule has 3 heteroatoms. The Labute approximate surface area is 124 Å². The standard InChI is InChI=1S/C18H17N3/c1-13-6-8-14(9-7-13)11-20-18(10-19)16-12-21-17-5-3-2-4-15(16)17/h2-9,12,18,20-21H,11H2,1H3. The molecule has 0 saturated heterocycles. The second-order valence-electron chi connectivity index (χ2n) is 5.22. The quantitative estimate of drug-likeness (QED) is 0.760. The van der Waals surface area contributed by atoms with Crippen molar-refractivity contribution >= 4 is 10.9 Å². The minimum atomic E-state index is -0.317. The van der Waals surface area contributed by atoms with Crippen molar-refractivity contribution in [2.24, 2.45) is 0 Å². The van der Waals surface area contributed by atoms with E-state index in [-0.39, 0.29) is 6.04 Å². The summed E-state index contributed by atoms with van der Waals surface area (Å²) in [5.41, 5.74) is 4.48. The van der Waals surface area contributed by atoms with Crippen molar-refractivity contribution < 1.29 is 0 Å². The topological polar surface area (TPSA) is 51.6 Å². The van der Waals surface area contributed by atoms with E-state index in [1.54, 1.807) is 0 Å². The number of H-pyrrole nitrogens is 1. The summed E-state index contributed by atoms with van der Waals surface area (Å²) in [5, 5.41) is 13.9. The SMILES string of the molecule is Cc1ccc(CNC(C#N)c2c[nH]c3ccccc23)cc1. The van der Waals surface area contributed by atoms with Gasteiger partial charge in [0, 0.05) is 29.2 Å². The lowest BCUT2D eigenvalue weighted by Crippen LogP contribution is -2.19. The maximum absolute atomic E-state index is 9.45. The lowest BCUT2D eigenvalue weighted by Gasteiger charge is -2.11. The van der Waals surface area contributed by atoms with Gasteiger partial charge in [0.05, 0.1) is 6.07 Å². The first-order valence-corrected chi connectivity index (χ1v) is 7.02. The molecule has 21 heavy (non-hydrogen) atoms. The number of fused-ring (bicyclic) bond motifs is 1. The van der Waals surface area contributed by atoms with Crippen molar-refractivity contribution in [3.63, 3.8) is 0 Å². The van der Waals surface area contributed by atoms with E-state index < -0.39 is 0 Å². The summed E-state index contributed by atoms with van der Waals surface area (Å²) >= 11 is 0. The minimum Gasteiger partial charge on any atom is -0.361 e. The Balaban J connectivity index is 1.79. The van der Waals surface area contributed by atoms with E-state index in [0.717, 1.165) is 16.5 Å². The fraction of sp³-hybridized carbons (Fsp3) is 0.167. The molecule has 0 spiro atoms. The van der Waals surface area contributed by atoms with E-state index in [1.807, 2.05) is 30.5 Å². The summed E-state index contributed by atoms with van der Waals surface area (Å²) < 4.78 is 0. The van der Waals surface area contributed by atoms with Crippen molar-refractivity contribution in [1.82, 2.24) is 10.3 Å². The molecule has 1 unspecified atom stereocenters. The number of hydrogen-bond acceptors (Lipinski definition) is 2. The second-order valence-corrected chi connectivity index (χ2v) is 5.22. The smallest absolute Gasteiger partial charge is 0.123 e. The van der Waals surface area contributed by atoms with Crippen molar-refractivity contribution in [3.8, 4) is 6.07 Å². The molecular weight excluding hydrogens is 258 g/mol. The fourth-order valence-corrected chi connectivity index (χ4v) is 2.48. The van der Waals surface area contributed by atoms with Crippen LogP contribution in [-0.4, -0.2) is 4.98 Å². The molecule has 0 aliphatic carbocycles.